The Hall–Kier alpha value is -1.51. The van der Waals surface area contributed by atoms with Gasteiger partial charge in [0, 0.05) is 11.6 Å². The maximum Gasteiger partial charge on any atom is 0.200 e. The van der Waals surface area contributed by atoms with E-state index >= 15 is 0 Å². The van der Waals surface area contributed by atoms with Crippen LogP contribution in [-0.4, -0.2) is 12.4 Å². The Morgan fingerprint density at radius 2 is 1.62 bits per heavy atom. The highest BCUT2D eigenvalue weighted by Crippen LogP contribution is 2.26. The molecule has 0 aliphatic carbocycles. The third kappa shape index (κ3) is 3.78. The first kappa shape index (κ1) is 15.9. The summed E-state index contributed by atoms with van der Waals surface area (Å²) in [5, 5.41) is 0.865. The Bertz CT molecular complexity index is 693. The van der Waals surface area contributed by atoms with Crippen molar-refractivity contribution in [2.75, 3.05) is 6.61 Å². The smallest absolute Gasteiger partial charge is 0.200 e. The van der Waals surface area contributed by atoms with Crippen LogP contribution < -0.4 is 4.74 Å². The predicted octanol–water partition coefficient (Wildman–Crippen LogP) is 5.18. The van der Waals surface area contributed by atoms with Gasteiger partial charge in [0.25, 0.3) is 0 Å². The molecule has 4 heteroatoms. The van der Waals surface area contributed by atoms with E-state index in [1.165, 1.54) is 5.56 Å². The van der Waals surface area contributed by atoms with Gasteiger partial charge in [-0.2, -0.15) is 0 Å². The number of carbonyl (C=O) groups excluding carboxylic acids is 1. The number of aryl methyl sites for hydroxylation is 3. The Morgan fingerprint density at radius 1 is 0.952 bits per heavy atom. The van der Waals surface area contributed by atoms with E-state index in [2.05, 4.69) is 0 Å². The summed E-state index contributed by atoms with van der Waals surface area (Å²) in [5.74, 6) is 0.473. The molecule has 2 aromatic rings. The van der Waals surface area contributed by atoms with Crippen molar-refractivity contribution in [2.45, 2.75) is 20.8 Å². The van der Waals surface area contributed by atoms with E-state index in [0.29, 0.717) is 21.4 Å². The fourth-order valence-corrected chi connectivity index (χ4v) is 2.34. The van der Waals surface area contributed by atoms with Gasteiger partial charge in [-0.3, -0.25) is 4.79 Å². The second-order valence-electron chi connectivity index (χ2n) is 5.04. The molecule has 0 N–H and O–H groups in total. The van der Waals surface area contributed by atoms with Crippen LogP contribution in [0, 0.1) is 20.8 Å². The van der Waals surface area contributed by atoms with Gasteiger partial charge in [0.2, 0.25) is 0 Å². The van der Waals surface area contributed by atoms with Crippen molar-refractivity contribution < 1.29 is 9.53 Å². The first-order valence-electron chi connectivity index (χ1n) is 6.57. The number of benzene rings is 2. The molecule has 110 valence electrons. The molecule has 0 unspecified atom stereocenters. The number of hydrogen-bond acceptors (Lipinski definition) is 2. The quantitative estimate of drug-likeness (QED) is 0.725. The van der Waals surface area contributed by atoms with E-state index in [9.17, 15) is 4.79 Å². The zero-order valence-electron chi connectivity index (χ0n) is 12.2. The van der Waals surface area contributed by atoms with Crippen LogP contribution in [0.3, 0.4) is 0 Å². The van der Waals surface area contributed by atoms with Crippen LogP contribution in [0.25, 0.3) is 0 Å². The second-order valence-corrected chi connectivity index (χ2v) is 5.85. The van der Waals surface area contributed by atoms with E-state index in [-0.39, 0.29) is 12.4 Å². The van der Waals surface area contributed by atoms with Gasteiger partial charge in [-0.1, -0.05) is 29.3 Å². The lowest BCUT2D eigenvalue weighted by molar-refractivity contribution is 0.0921. The monoisotopic (exact) mass is 322 g/mol. The first-order valence-corrected chi connectivity index (χ1v) is 7.33. The van der Waals surface area contributed by atoms with Crippen molar-refractivity contribution in [2.24, 2.45) is 0 Å². The molecular formula is C17H16Cl2O2. The minimum Gasteiger partial charge on any atom is -0.485 e. The van der Waals surface area contributed by atoms with Crippen LogP contribution in [0.5, 0.6) is 5.75 Å². The number of Topliss-reactive ketones (excluding diaryl/α,β-unsaturated/α-hetero) is 1. The number of ether oxygens (including phenoxy) is 1. The SMILES string of the molecule is Cc1cc(C)c(C(=O)COc2ccc(Cl)c(Cl)c2)cc1C. The maximum absolute atomic E-state index is 12.3. The summed E-state index contributed by atoms with van der Waals surface area (Å²) in [5.41, 5.74) is 3.92. The molecule has 0 aliphatic heterocycles. The van der Waals surface area contributed by atoms with Crippen molar-refractivity contribution in [1.82, 2.24) is 0 Å². The molecule has 0 atom stereocenters. The highest BCUT2D eigenvalue weighted by molar-refractivity contribution is 6.42. The van der Waals surface area contributed by atoms with E-state index in [4.69, 9.17) is 27.9 Å². The lowest BCUT2D eigenvalue weighted by Gasteiger charge is -2.10. The summed E-state index contributed by atoms with van der Waals surface area (Å²) in [6, 6.07) is 8.86. The molecule has 2 nitrogen and oxygen atoms in total. The highest BCUT2D eigenvalue weighted by Gasteiger charge is 2.12. The Balaban J connectivity index is 2.11. The number of carbonyl (C=O) groups is 1. The van der Waals surface area contributed by atoms with Gasteiger partial charge >= 0.3 is 0 Å². The molecule has 0 bridgehead atoms. The van der Waals surface area contributed by atoms with Crippen LogP contribution in [0.4, 0.5) is 0 Å². The molecule has 2 aromatic carbocycles. The number of hydrogen-bond donors (Lipinski definition) is 0. The molecule has 0 saturated heterocycles. The molecule has 0 spiro atoms. The standard InChI is InChI=1S/C17H16Cl2O2/c1-10-6-12(3)14(7-11(10)2)17(20)9-21-13-4-5-15(18)16(19)8-13/h4-8H,9H2,1-3H3. The van der Waals surface area contributed by atoms with Crippen LogP contribution >= 0.6 is 23.2 Å². The summed E-state index contributed by atoms with van der Waals surface area (Å²) in [6.07, 6.45) is 0. The molecule has 0 amide bonds. The van der Waals surface area contributed by atoms with Crippen molar-refractivity contribution >= 4 is 29.0 Å². The van der Waals surface area contributed by atoms with E-state index < -0.39 is 0 Å². The topological polar surface area (TPSA) is 26.3 Å². The first-order chi connectivity index (χ1) is 9.88. The van der Waals surface area contributed by atoms with Crippen LogP contribution in [0.1, 0.15) is 27.0 Å². The average Bonchev–Trinajstić information content (AvgIpc) is 2.44. The number of ketones is 1. The van der Waals surface area contributed by atoms with Crippen molar-refractivity contribution in [3.63, 3.8) is 0 Å². The van der Waals surface area contributed by atoms with Gasteiger partial charge in [0.1, 0.15) is 5.75 Å². The van der Waals surface area contributed by atoms with Gasteiger partial charge in [0.15, 0.2) is 12.4 Å². The average molecular weight is 323 g/mol. The number of rotatable bonds is 4. The second kappa shape index (κ2) is 6.50. The zero-order valence-corrected chi connectivity index (χ0v) is 13.7. The molecule has 0 fully saturated rings. The minimum absolute atomic E-state index is 0.0265. The molecule has 0 aliphatic rings. The summed E-state index contributed by atoms with van der Waals surface area (Å²) in [6.45, 7) is 5.92. The van der Waals surface area contributed by atoms with Gasteiger partial charge in [-0.25, -0.2) is 0 Å². The molecule has 2 rings (SSSR count). The summed E-state index contributed by atoms with van der Waals surface area (Å²) < 4.78 is 5.49. The summed E-state index contributed by atoms with van der Waals surface area (Å²) >= 11 is 11.8. The minimum atomic E-state index is -0.0540. The third-order valence-electron chi connectivity index (χ3n) is 3.40. The van der Waals surface area contributed by atoms with Gasteiger partial charge in [-0.05, 0) is 55.7 Å². The van der Waals surface area contributed by atoms with Gasteiger partial charge in [0.05, 0.1) is 10.0 Å². The van der Waals surface area contributed by atoms with Gasteiger partial charge < -0.3 is 4.74 Å². The molecule has 0 aromatic heterocycles. The lowest BCUT2D eigenvalue weighted by Crippen LogP contribution is -2.13. The Labute approximate surface area is 134 Å². The van der Waals surface area contributed by atoms with Crippen LogP contribution in [0.2, 0.25) is 10.0 Å². The normalized spacial score (nSPS) is 10.5. The molecule has 0 saturated carbocycles. The zero-order chi connectivity index (χ0) is 15.6. The molecule has 0 heterocycles. The lowest BCUT2D eigenvalue weighted by atomic mass is 9.98. The Morgan fingerprint density at radius 3 is 2.29 bits per heavy atom. The van der Waals surface area contributed by atoms with Crippen LogP contribution in [-0.2, 0) is 0 Å². The fraction of sp³-hybridized carbons (Fsp3) is 0.235. The number of halogens is 2. The molecular weight excluding hydrogens is 307 g/mol. The largest absolute Gasteiger partial charge is 0.485 e. The summed E-state index contributed by atoms with van der Waals surface area (Å²) in [4.78, 5) is 12.3. The third-order valence-corrected chi connectivity index (χ3v) is 4.14. The van der Waals surface area contributed by atoms with E-state index in [1.54, 1.807) is 18.2 Å². The van der Waals surface area contributed by atoms with Crippen molar-refractivity contribution in [3.05, 3.63) is 62.6 Å². The summed E-state index contributed by atoms with van der Waals surface area (Å²) in [7, 11) is 0. The van der Waals surface area contributed by atoms with E-state index in [1.807, 2.05) is 32.9 Å². The molecule has 21 heavy (non-hydrogen) atoms. The highest BCUT2D eigenvalue weighted by atomic mass is 35.5. The van der Waals surface area contributed by atoms with Crippen molar-refractivity contribution in [1.29, 1.82) is 0 Å². The Kier molecular flexibility index (Phi) is 4.92. The fourth-order valence-electron chi connectivity index (χ4n) is 2.05. The van der Waals surface area contributed by atoms with Crippen LogP contribution in [0.15, 0.2) is 30.3 Å². The molecule has 0 radical (unpaired) electrons. The maximum atomic E-state index is 12.3. The predicted molar refractivity (Wildman–Crippen MR) is 86.9 cm³/mol. The van der Waals surface area contributed by atoms with E-state index in [0.717, 1.165) is 11.1 Å². The van der Waals surface area contributed by atoms with Gasteiger partial charge in [-0.15, -0.1) is 0 Å². The van der Waals surface area contributed by atoms with Crippen molar-refractivity contribution in [3.8, 4) is 5.75 Å².